The summed E-state index contributed by atoms with van der Waals surface area (Å²) < 4.78 is 24.3. The Bertz CT molecular complexity index is 1840. The number of nitrogens with one attached hydrogen (secondary N) is 2. The summed E-state index contributed by atoms with van der Waals surface area (Å²) >= 11 is 0. The largest absolute Gasteiger partial charge is 0.457 e. The number of carbonyl (C=O) groups is 2. The topological polar surface area (TPSA) is 194 Å². The number of benzene rings is 2. The van der Waals surface area contributed by atoms with Crippen LogP contribution in [-0.2, 0) is 30.2 Å². The first-order valence-corrected chi connectivity index (χ1v) is 16.8. The first-order valence-electron chi connectivity index (χ1n) is 16.8. The average Bonchev–Trinajstić information content (AvgIpc) is 3.88. The average molecular weight is 682 g/mol. The lowest BCUT2D eigenvalue weighted by Crippen LogP contribution is -2.34. The third-order valence-corrected chi connectivity index (χ3v) is 9.33. The second-order valence-electron chi connectivity index (χ2n) is 12.5. The first-order chi connectivity index (χ1) is 24.6. The van der Waals surface area contributed by atoms with Gasteiger partial charge in [-0.1, -0.05) is 72.7 Å². The number of carbonyl (C=O) groups excluding carboxylic acids is 2. The van der Waals surface area contributed by atoms with Crippen LogP contribution in [0.5, 0.6) is 0 Å². The van der Waals surface area contributed by atoms with Crippen LogP contribution in [0.25, 0.3) is 11.2 Å². The van der Waals surface area contributed by atoms with Gasteiger partial charge in [0.05, 0.1) is 6.33 Å². The molecule has 2 fully saturated rings. The number of aromatic nitrogens is 6. The standard InChI is InChI=1S/C35H39N9O6/c1-2-26-40-32(43-50-26)29-28(47-19-45)30(48-20-46)34(49-29)44-18-38-27-31(41-35(42-33(27)44)39-24-15-13-23(36)14-16-24)37-17-25(21-9-5-3-6-10-21)22-11-7-4-8-12-22/h3-12,18-20,23-25,28-30,34H,2,13-17,36H2,1H3,(H2,37,39,41,42)/t23?,24?,28-,29-,30+,34+/m0/s1. The molecular formula is C35H39N9O6. The molecule has 5 aromatic rings. The van der Waals surface area contributed by atoms with E-state index in [1.165, 1.54) is 0 Å². The minimum Gasteiger partial charge on any atom is -0.457 e. The van der Waals surface area contributed by atoms with E-state index in [1.54, 1.807) is 10.9 Å². The molecule has 1 aliphatic heterocycles. The van der Waals surface area contributed by atoms with Crippen LogP contribution in [0.3, 0.4) is 0 Å². The van der Waals surface area contributed by atoms with E-state index in [2.05, 4.69) is 45.0 Å². The highest BCUT2D eigenvalue weighted by atomic mass is 16.6. The molecule has 50 heavy (non-hydrogen) atoms. The van der Waals surface area contributed by atoms with Gasteiger partial charge in [-0.05, 0) is 36.8 Å². The zero-order chi connectivity index (χ0) is 34.5. The fraction of sp³-hybridized carbons (Fsp3) is 0.400. The quantitative estimate of drug-likeness (QED) is 0.142. The van der Waals surface area contributed by atoms with Gasteiger partial charge in [-0.2, -0.15) is 15.0 Å². The number of hydrogen-bond donors (Lipinski definition) is 3. The van der Waals surface area contributed by atoms with Crippen molar-refractivity contribution in [3.63, 3.8) is 0 Å². The van der Waals surface area contributed by atoms with Gasteiger partial charge in [-0.15, -0.1) is 0 Å². The molecule has 1 saturated heterocycles. The molecule has 15 nitrogen and oxygen atoms in total. The summed E-state index contributed by atoms with van der Waals surface area (Å²) in [5.74, 6) is 1.45. The van der Waals surface area contributed by atoms with Gasteiger partial charge < -0.3 is 35.1 Å². The number of ether oxygens (including phenoxy) is 3. The molecule has 3 aromatic heterocycles. The minimum absolute atomic E-state index is 0.00857. The van der Waals surface area contributed by atoms with Gasteiger partial charge in [0, 0.05) is 31.0 Å². The van der Waals surface area contributed by atoms with Crippen LogP contribution in [0, 0.1) is 0 Å². The zero-order valence-electron chi connectivity index (χ0n) is 27.5. The molecule has 1 saturated carbocycles. The van der Waals surface area contributed by atoms with Crippen LogP contribution in [-0.4, -0.2) is 73.4 Å². The highest BCUT2D eigenvalue weighted by molar-refractivity contribution is 5.84. The molecule has 0 amide bonds. The predicted molar refractivity (Wildman–Crippen MR) is 181 cm³/mol. The number of fused-ring (bicyclic) bond motifs is 1. The van der Waals surface area contributed by atoms with Crippen LogP contribution < -0.4 is 16.4 Å². The van der Waals surface area contributed by atoms with Gasteiger partial charge in [-0.3, -0.25) is 14.2 Å². The molecule has 0 bridgehead atoms. The van der Waals surface area contributed by atoms with E-state index in [9.17, 15) is 9.59 Å². The third-order valence-electron chi connectivity index (χ3n) is 9.33. The molecule has 1 aliphatic carbocycles. The van der Waals surface area contributed by atoms with Crippen molar-refractivity contribution in [1.29, 1.82) is 0 Å². The summed E-state index contributed by atoms with van der Waals surface area (Å²) in [7, 11) is 0. The molecule has 2 aromatic carbocycles. The fourth-order valence-corrected chi connectivity index (χ4v) is 6.75. The summed E-state index contributed by atoms with van der Waals surface area (Å²) in [5, 5.41) is 11.1. The van der Waals surface area contributed by atoms with Crippen molar-refractivity contribution in [2.75, 3.05) is 17.2 Å². The molecule has 7 rings (SSSR count). The smallest absolute Gasteiger partial charge is 0.293 e. The SMILES string of the molecule is CCc1nc([C@H]2O[C@@H](n3cnc4c(NCC(c5ccccc5)c5ccccc5)nc(NC5CCC(N)CC5)nc43)[C@H](OC=O)[C@H]2OC=O)no1. The van der Waals surface area contributed by atoms with E-state index in [0.29, 0.717) is 41.8 Å². The Morgan fingerprint density at radius 3 is 2.26 bits per heavy atom. The first kappa shape index (κ1) is 33.1. The van der Waals surface area contributed by atoms with Crippen molar-refractivity contribution in [2.24, 2.45) is 5.73 Å². The lowest BCUT2D eigenvalue weighted by molar-refractivity contribution is -0.151. The summed E-state index contributed by atoms with van der Waals surface area (Å²) in [6.07, 6.45) is 1.40. The monoisotopic (exact) mass is 681 g/mol. The molecule has 2 aliphatic rings. The molecule has 4 N–H and O–H groups in total. The lowest BCUT2D eigenvalue weighted by atomic mass is 9.91. The van der Waals surface area contributed by atoms with Gasteiger partial charge in [0.15, 0.2) is 41.5 Å². The van der Waals surface area contributed by atoms with Gasteiger partial charge in [0.25, 0.3) is 12.9 Å². The molecular weight excluding hydrogens is 642 g/mol. The van der Waals surface area contributed by atoms with Crippen LogP contribution in [0.15, 0.2) is 71.5 Å². The maximum Gasteiger partial charge on any atom is 0.293 e. The second kappa shape index (κ2) is 15.0. The highest BCUT2D eigenvalue weighted by Crippen LogP contribution is 2.42. The highest BCUT2D eigenvalue weighted by Gasteiger charge is 2.52. The summed E-state index contributed by atoms with van der Waals surface area (Å²) in [4.78, 5) is 42.3. The van der Waals surface area contributed by atoms with Gasteiger partial charge >= 0.3 is 0 Å². The van der Waals surface area contributed by atoms with Crippen molar-refractivity contribution in [3.05, 3.63) is 89.8 Å². The van der Waals surface area contributed by atoms with Gasteiger partial charge in [0.2, 0.25) is 17.7 Å². The molecule has 0 unspecified atom stereocenters. The second-order valence-corrected chi connectivity index (χ2v) is 12.5. The molecule has 15 heteroatoms. The molecule has 260 valence electrons. The number of aryl methyl sites for hydroxylation is 1. The Morgan fingerprint density at radius 1 is 0.940 bits per heavy atom. The number of rotatable bonds is 14. The van der Waals surface area contributed by atoms with E-state index < -0.39 is 24.5 Å². The van der Waals surface area contributed by atoms with Crippen LogP contribution in [0.2, 0.25) is 0 Å². The zero-order valence-corrected chi connectivity index (χ0v) is 27.5. The number of imidazole rings is 1. The summed E-state index contributed by atoms with van der Waals surface area (Å²) in [6.45, 7) is 2.94. The van der Waals surface area contributed by atoms with Crippen molar-refractivity contribution in [2.45, 2.75) is 81.6 Å². The van der Waals surface area contributed by atoms with E-state index in [-0.39, 0.29) is 36.8 Å². The Morgan fingerprint density at radius 2 is 1.62 bits per heavy atom. The van der Waals surface area contributed by atoms with Crippen LogP contribution >= 0.6 is 0 Å². The Kier molecular flexibility index (Phi) is 9.93. The maximum absolute atomic E-state index is 11.8. The van der Waals surface area contributed by atoms with Crippen molar-refractivity contribution < 1.29 is 28.3 Å². The maximum atomic E-state index is 11.8. The van der Waals surface area contributed by atoms with Crippen molar-refractivity contribution >= 4 is 35.9 Å². The van der Waals surface area contributed by atoms with E-state index in [0.717, 1.165) is 36.8 Å². The van der Waals surface area contributed by atoms with E-state index in [4.69, 9.17) is 39.4 Å². The Balaban J connectivity index is 1.27. The minimum atomic E-state index is -1.09. The molecule has 4 heterocycles. The molecule has 0 radical (unpaired) electrons. The fourth-order valence-electron chi connectivity index (χ4n) is 6.75. The van der Waals surface area contributed by atoms with Crippen LogP contribution in [0.4, 0.5) is 11.8 Å². The van der Waals surface area contributed by atoms with Gasteiger partial charge in [0.1, 0.15) is 0 Å². The third kappa shape index (κ3) is 6.87. The lowest BCUT2D eigenvalue weighted by Gasteiger charge is -2.27. The van der Waals surface area contributed by atoms with Crippen molar-refractivity contribution in [3.8, 4) is 0 Å². The van der Waals surface area contributed by atoms with Crippen LogP contribution in [0.1, 0.15) is 73.7 Å². The van der Waals surface area contributed by atoms with Gasteiger partial charge in [-0.25, -0.2) is 4.98 Å². The van der Waals surface area contributed by atoms with E-state index in [1.807, 2.05) is 43.3 Å². The van der Waals surface area contributed by atoms with Crippen molar-refractivity contribution in [1.82, 2.24) is 29.7 Å². The molecule has 0 spiro atoms. The normalized spacial score (nSPS) is 23.5. The van der Waals surface area contributed by atoms with E-state index >= 15 is 0 Å². The predicted octanol–water partition coefficient (Wildman–Crippen LogP) is 4.05. The number of anilines is 2. The summed E-state index contributed by atoms with van der Waals surface area (Å²) in [6, 6.07) is 20.9. The number of hydrogen-bond acceptors (Lipinski definition) is 14. The summed E-state index contributed by atoms with van der Waals surface area (Å²) in [5.41, 5.74) is 9.35. The molecule has 4 atom stereocenters. The number of nitrogens with zero attached hydrogens (tertiary/aromatic N) is 6. The Hall–Kier alpha value is -5.41. The Labute approximate surface area is 287 Å². The number of nitrogens with two attached hydrogens (primary N) is 1.